The summed E-state index contributed by atoms with van der Waals surface area (Å²) < 4.78 is 0. The summed E-state index contributed by atoms with van der Waals surface area (Å²) in [5.41, 5.74) is 8.27. The van der Waals surface area contributed by atoms with Crippen molar-refractivity contribution >= 4 is 11.3 Å². The van der Waals surface area contributed by atoms with Gasteiger partial charge in [-0.3, -0.25) is 5.73 Å². The minimum absolute atomic E-state index is 0.434. The molecule has 0 aromatic carbocycles. The standard InChI is InChI=1S/C6H8NS/c1-5-2-3-8-6(5)4-7/h2-3,7H,4H2,1H3. The Kier molecular flexibility index (Phi) is 1.65. The molecule has 0 aliphatic carbocycles. The van der Waals surface area contributed by atoms with Crippen LogP contribution in [0.2, 0.25) is 0 Å². The van der Waals surface area contributed by atoms with Crippen molar-refractivity contribution in [3.8, 4) is 0 Å². The number of hydrogen-bond acceptors (Lipinski definition) is 1. The number of rotatable bonds is 1. The molecule has 0 bridgehead atoms. The molecule has 8 heavy (non-hydrogen) atoms. The van der Waals surface area contributed by atoms with E-state index in [0.29, 0.717) is 6.54 Å². The predicted molar refractivity (Wildman–Crippen MR) is 35.9 cm³/mol. The van der Waals surface area contributed by atoms with Gasteiger partial charge in [0, 0.05) is 11.4 Å². The van der Waals surface area contributed by atoms with Gasteiger partial charge in [0.2, 0.25) is 0 Å². The van der Waals surface area contributed by atoms with Crippen LogP contribution in [0.25, 0.3) is 0 Å². The van der Waals surface area contributed by atoms with Crippen molar-refractivity contribution in [2.75, 3.05) is 0 Å². The van der Waals surface area contributed by atoms with Crippen LogP contribution in [0.5, 0.6) is 0 Å². The summed E-state index contributed by atoms with van der Waals surface area (Å²) in [6.07, 6.45) is 0. The number of hydrogen-bond donors (Lipinski definition) is 0. The van der Waals surface area contributed by atoms with E-state index >= 15 is 0 Å². The van der Waals surface area contributed by atoms with E-state index in [1.165, 1.54) is 10.4 Å². The summed E-state index contributed by atoms with van der Waals surface area (Å²) in [4.78, 5) is 1.19. The zero-order valence-electron chi connectivity index (χ0n) is 4.77. The highest BCUT2D eigenvalue weighted by Gasteiger charge is 1.93. The molecule has 1 rings (SSSR count). The fourth-order valence-corrected chi connectivity index (χ4v) is 1.36. The smallest absolute Gasteiger partial charge is 0.0447 e. The Hall–Kier alpha value is -0.340. The van der Waals surface area contributed by atoms with E-state index < -0.39 is 0 Å². The minimum Gasteiger partial charge on any atom is -0.252 e. The van der Waals surface area contributed by atoms with E-state index in [-0.39, 0.29) is 0 Å². The second-order valence-electron chi connectivity index (χ2n) is 1.70. The highest BCUT2D eigenvalue weighted by molar-refractivity contribution is 7.10. The van der Waals surface area contributed by atoms with Crippen LogP contribution in [-0.2, 0) is 6.54 Å². The second kappa shape index (κ2) is 2.29. The van der Waals surface area contributed by atoms with Crippen molar-refractivity contribution < 1.29 is 0 Å². The zero-order chi connectivity index (χ0) is 5.98. The van der Waals surface area contributed by atoms with Gasteiger partial charge in [-0.2, -0.15) is 0 Å². The van der Waals surface area contributed by atoms with Crippen molar-refractivity contribution in [3.63, 3.8) is 0 Å². The van der Waals surface area contributed by atoms with Gasteiger partial charge in [0.25, 0.3) is 0 Å². The molecule has 2 heteroatoms. The average Bonchev–Trinajstić information content (AvgIpc) is 2.14. The van der Waals surface area contributed by atoms with Crippen LogP contribution < -0.4 is 5.73 Å². The third kappa shape index (κ3) is 0.904. The van der Waals surface area contributed by atoms with Crippen LogP contribution >= 0.6 is 11.3 Å². The first-order valence-electron chi connectivity index (χ1n) is 2.52. The van der Waals surface area contributed by atoms with Crippen LogP contribution in [-0.4, -0.2) is 0 Å². The Morgan fingerprint density at radius 2 is 2.50 bits per heavy atom. The zero-order valence-corrected chi connectivity index (χ0v) is 5.59. The van der Waals surface area contributed by atoms with Crippen molar-refractivity contribution in [2.24, 2.45) is 0 Å². The molecule has 1 aromatic heterocycles. The molecule has 43 valence electrons. The second-order valence-corrected chi connectivity index (χ2v) is 2.70. The summed E-state index contributed by atoms with van der Waals surface area (Å²) in [5.74, 6) is 0. The summed E-state index contributed by atoms with van der Waals surface area (Å²) in [6.45, 7) is 2.48. The van der Waals surface area contributed by atoms with E-state index in [1.54, 1.807) is 11.3 Å². The Balaban J connectivity index is 2.92. The SMILES string of the molecule is Cc1ccsc1C[NH]. The molecule has 1 heterocycles. The lowest BCUT2D eigenvalue weighted by Gasteiger charge is -1.87. The van der Waals surface area contributed by atoms with Crippen LogP contribution in [0.1, 0.15) is 10.4 Å². The topological polar surface area (TPSA) is 23.8 Å². The molecule has 0 aliphatic rings. The highest BCUT2D eigenvalue weighted by Crippen LogP contribution is 2.13. The Bertz CT molecular complexity index is 169. The van der Waals surface area contributed by atoms with E-state index in [2.05, 4.69) is 6.07 Å². The van der Waals surface area contributed by atoms with Gasteiger partial charge in [-0.05, 0) is 23.9 Å². The summed E-state index contributed by atoms with van der Waals surface area (Å²) in [6, 6.07) is 2.05. The van der Waals surface area contributed by atoms with Gasteiger partial charge in [0.1, 0.15) is 0 Å². The first kappa shape index (κ1) is 5.79. The first-order valence-corrected chi connectivity index (χ1v) is 3.40. The monoisotopic (exact) mass is 126 g/mol. The predicted octanol–water partition coefficient (Wildman–Crippen LogP) is 1.84. The fourth-order valence-electron chi connectivity index (χ4n) is 0.585. The maximum Gasteiger partial charge on any atom is 0.0447 e. The number of thiophene rings is 1. The van der Waals surface area contributed by atoms with Crippen molar-refractivity contribution in [1.29, 1.82) is 0 Å². The van der Waals surface area contributed by atoms with Crippen molar-refractivity contribution in [1.82, 2.24) is 5.73 Å². The Morgan fingerprint density at radius 1 is 1.75 bits per heavy atom. The third-order valence-corrected chi connectivity index (χ3v) is 2.15. The molecule has 0 fully saturated rings. The summed E-state index contributed by atoms with van der Waals surface area (Å²) in [7, 11) is 0. The van der Waals surface area contributed by atoms with Gasteiger partial charge in [-0.25, -0.2) is 0 Å². The molecule has 0 spiro atoms. The maximum atomic E-state index is 7.01. The quantitative estimate of drug-likeness (QED) is 0.548. The van der Waals surface area contributed by atoms with Crippen LogP contribution in [0, 0.1) is 6.92 Å². The van der Waals surface area contributed by atoms with E-state index in [4.69, 9.17) is 5.73 Å². The molecule has 1 N–H and O–H groups in total. The number of nitrogens with one attached hydrogen (secondary N) is 1. The van der Waals surface area contributed by atoms with Gasteiger partial charge in [-0.1, -0.05) is 0 Å². The first-order chi connectivity index (χ1) is 3.84. The highest BCUT2D eigenvalue weighted by atomic mass is 32.1. The molecule has 0 atom stereocenters. The molecule has 0 saturated heterocycles. The Labute approximate surface area is 53.1 Å². The summed E-state index contributed by atoms with van der Waals surface area (Å²) >= 11 is 1.66. The lowest BCUT2D eigenvalue weighted by molar-refractivity contribution is 1.04. The number of aryl methyl sites for hydroxylation is 1. The van der Waals surface area contributed by atoms with E-state index in [0.717, 1.165) is 0 Å². The molecule has 1 radical (unpaired) electrons. The molecule has 1 aromatic rings. The van der Waals surface area contributed by atoms with Gasteiger partial charge in [0.05, 0.1) is 0 Å². The van der Waals surface area contributed by atoms with Gasteiger partial charge in [-0.15, -0.1) is 11.3 Å². The Morgan fingerprint density at radius 3 is 2.75 bits per heavy atom. The summed E-state index contributed by atoms with van der Waals surface area (Å²) in [5, 5.41) is 2.03. The molecule has 0 amide bonds. The van der Waals surface area contributed by atoms with E-state index in [9.17, 15) is 0 Å². The minimum atomic E-state index is 0.434. The van der Waals surface area contributed by atoms with E-state index in [1.807, 2.05) is 12.3 Å². The van der Waals surface area contributed by atoms with Gasteiger partial charge >= 0.3 is 0 Å². The molecule has 0 saturated carbocycles. The molecule has 1 nitrogen and oxygen atoms in total. The average molecular weight is 126 g/mol. The molecular weight excluding hydrogens is 118 g/mol. The molecular formula is C6H8NS. The largest absolute Gasteiger partial charge is 0.252 e. The maximum absolute atomic E-state index is 7.01. The third-order valence-electron chi connectivity index (χ3n) is 1.13. The van der Waals surface area contributed by atoms with Crippen LogP contribution in [0.4, 0.5) is 0 Å². The lowest BCUT2D eigenvalue weighted by Crippen LogP contribution is -1.79. The molecule has 0 unspecified atom stereocenters. The lowest BCUT2D eigenvalue weighted by atomic mass is 10.3. The van der Waals surface area contributed by atoms with Crippen LogP contribution in [0.15, 0.2) is 11.4 Å². The normalized spacial score (nSPS) is 9.75. The van der Waals surface area contributed by atoms with Crippen molar-refractivity contribution in [3.05, 3.63) is 21.9 Å². The van der Waals surface area contributed by atoms with Crippen molar-refractivity contribution in [2.45, 2.75) is 13.5 Å². The molecule has 0 aliphatic heterocycles. The van der Waals surface area contributed by atoms with Crippen LogP contribution in [0.3, 0.4) is 0 Å². The van der Waals surface area contributed by atoms with Gasteiger partial charge < -0.3 is 0 Å². The van der Waals surface area contributed by atoms with Gasteiger partial charge in [0.15, 0.2) is 0 Å². The fraction of sp³-hybridized carbons (Fsp3) is 0.333.